The maximum absolute atomic E-state index is 12.2. The largest absolute Gasteiger partial charge is 0.458 e. The van der Waals surface area contributed by atoms with Gasteiger partial charge in [0.1, 0.15) is 17.9 Å². The van der Waals surface area contributed by atoms with Gasteiger partial charge in [-0.2, -0.15) is 4.98 Å². The molecule has 10 nitrogen and oxygen atoms in total. The lowest BCUT2D eigenvalue weighted by molar-refractivity contribution is -0.123. The summed E-state index contributed by atoms with van der Waals surface area (Å²) in [5.74, 6) is 5.70. The van der Waals surface area contributed by atoms with Crippen LogP contribution in [0.5, 0.6) is 6.01 Å². The molecule has 3 rings (SSSR count). The maximum atomic E-state index is 12.2. The minimum Gasteiger partial charge on any atom is -0.458 e. The van der Waals surface area contributed by atoms with Crippen molar-refractivity contribution in [2.45, 2.75) is 27.4 Å². The number of nitrogens with one attached hydrogen (secondary N) is 1. The number of pyridine rings is 1. The summed E-state index contributed by atoms with van der Waals surface area (Å²) < 4.78 is 7.47. The highest BCUT2D eigenvalue weighted by Gasteiger charge is 2.22. The number of carbonyl (C=O) groups is 1. The van der Waals surface area contributed by atoms with Gasteiger partial charge in [-0.05, 0) is 24.3 Å². The van der Waals surface area contributed by atoms with Gasteiger partial charge in [0.15, 0.2) is 0 Å². The van der Waals surface area contributed by atoms with E-state index in [0.29, 0.717) is 27.6 Å². The third-order valence-electron chi connectivity index (χ3n) is 4.23. The van der Waals surface area contributed by atoms with Crippen molar-refractivity contribution >= 4 is 40.3 Å². The molecule has 0 unspecified atom stereocenters. The topological polar surface area (TPSA) is 132 Å². The standard InChI is InChI=1S/C20H23ClN8O2/c1-20(2,3)17(30)25-15-10-5-7-12(24-15)11-31-19-26-16-13(21)8-6-9-14(16)29(19)18(23-4)27-28-22/h5-10H,11H2,1-4H3,(H2,22,23,27)(H,24,25,30). The Morgan fingerprint density at radius 2 is 1.97 bits per heavy atom. The zero-order valence-electron chi connectivity index (χ0n) is 17.6. The van der Waals surface area contributed by atoms with E-state index in [1.54, 1.807) is 48.0 Å². The SMILES string of the molecule is CN=C(N=NN)n1c(OCc2cccc(NC(=O)C(C)(C)C)n2)nc2c(Cl)cccc21. The van der Waals surface area contributed by atoms with Gasteiger partial charge < -0.3 is 15.9 Å². The number of rotatable bonds is 4. The summed E-state index contributed by atoms with van der Waals surface area (Å²) in [5, 5.41) is 10.4. The van der Waals surface area contributed by atoms with Crippen LogP contribution in [0.4, 0.5) is 5.82 Å². The molecule has 0 saturated heterocycles. The fourth-order valence-electron chi connectivity index (χ4n) is 2.65. The monoisotopic (exact) mass is 442 g/mol. The van der Waals surface area contributed by atoms with Crippen molar-refractivity contribution in [2.24, 2.45) is 26.6 Å². The predicted molar refractivity (Wildman–Crippen MR) is 119 cm³/mol. The number of ether oxygens (including phenoxy) is 1. The summed E-state index contributed by atoms with van der Waals surface area (Å²) in [7, 11) is 1.55. The molecule has 0 aliphatic rings. The van der Waals surface area contributed by atoms with Crippen LogP contribution >= 0.6 is 11.6 Å². The molecule has 1 amide bonds. The van der Waals surface area contributed by atoms with Crippen LogP contribution in [-0.4, -0.2) is 33.4 Å². The second-order valence-electron chi connectivity index (χ2n) is 7.58. The molecular weight excluding hydrogens is 420 g/mol. The number of aliphatic imine (C=N–C) groups is 1. The number of nitrogens with two attached hydrogens (primary N) is 1. The second-order valence-corrected chi connectivity index (χ2v) is 7.99. The van der Waals surface area contributed by atoms with Crippen molar-refractivity contribution in [2.75, 3.05) is 12.4 Å². The van der Waals surface area contributed by atoms with Gasteiger partial charge in [-0.1, -0.05) is 54.8 Å². The Bertz CT molecular complexity index is 1160. The third-order valence-corrected chi connectivity index (χ3v) is 4.54. The lowest BCUT2D eigenvalue weighted by Crippen LogP contribution is -2.28. The molecule has 0 bridgehead atoms. The summed E-state index contributed by atoms with van der Waals surface area (Å²) in [6.07, 6.45) is 0. The number of aromatic nitrogens is 3. The number of imidazole rings is 1. The average Bonchev–Trinajstić information content (AvgIpc) is 3.10. The molecule has 3 aromatic rings. The first-order chi connectivity index (χ1) is 14.7. The van der Waals surface area contributed by atoms with Crippen molar-refractivity contribution in [1.29, 1.82) is 0 Å². The van der Waals surface area contributed by atoms with Gasteiger partial charge in [-0.3, -0.25) is 9.79 Å². The second kappa shape index (κ2) is 9.09. The Labute approximate surface area is 184 Å². The number of para-hydroxylation sites is 1. The zero-order chi connectivity index (χ0) is 22.6. The van der Waals surface area contributed by atoms with Gasteiger partial charge in [0.25, 0.3) is 5.96 Å². The van der Waals surface area contributed by atoms with E-state index < -0.39 is 5.41 Å². The molecule has 0 atom stereocenters. The summed E-state index contributed by atoms with van der Waals surface area (Å²) >= 11 is 6.29. The maximum Gasteiger partial charge on any atom is 0.305 e. The van der Waals surface area contributed by atoms with E-state index in [2.05, 4.69) is 30.6 Å². The number of hydrogen-bond acceptors (Lipinski definition) is 6. The van der Waals surface area contributed by atoms with Crippen LogP contribution < -0.4 is 15.9 Å². The van der Waals surface area contributed by atoms with Gasteiger partial charge in [0, 0.05) is 12.5 Å². The summed E-state index contributed by atoms with van der Waals surface area (Å²) in [5.41, 5.74) is 1.21. The molecule has 0 spiro atoms. The molecule has 0 saturated carbocycles. The molecule has 11 heteroatoms. The highest BCUT2D eigenvalue weighted by molar-refractivity contribution is 6.35. The third kappa shape index (κ3) is 4.97. The quantitative estimate of drug-likeness (QED) is 0.208. The van der Waals surface area contributed by atoms with E-state index in [-0.39, 0.29) is 24.5 Å². The first kappa shape index (κ1) is 22.2. The lowest BCUT2D eigenvalue weighted by atomic mass is 9.96. The fourth-order valence-corrected chi connectivity index (χ4v) is 2.86. The van der Waals surface area contributed by atoms with Crippen molar-refractivity contribution in [3.63, 3.8) is 0 Å². The van der Waals surface area contributed by atoms with Crippen LogP contribution in [0, 0.1) is 5.41 Å². The van der Waals surface area contributed by atoms with Crippen LogP contribution in [0.1, 0.15) is 26.5 Å². The predicted octanol–water partition coefficient (Wildman–Crippen LogP) is 3.81. The van der Waals surface area contributed by atoms with Crippen molar-refractivity contribution in [3.05, 3.63) is 47.1 Å². The van der Waals surface area contributed by atoms with Crippen molar-refractivity contribution in [3.8, 4) is 6.01 Å². The normalized spacial score (nSPS) is 12.5. The minimum absolute atomic E-state index is 0.0803. The molecule has 31 heavy (non-hydrogen) atoms. The van der Waals surface area contributed by atoms with E-state index in [4.69, 9.17) is 22.2 Å². The molecule has 1 aromatic carbocycles. The van der Waals surface area contributed by atoms with Crippen LogP contribution in [0.15, 0.2) is 51.7 Å². The molecule has 0 aliphatic heterocycles. The Kier molecular flexibility index (Phi) is 6.50. The van der Waals surface area contributed by atoms with Crippen LogP contribution in [0.2, 0.25) is 5.02 Å². The summed E-state index contributed by atoms with van der Waals surface area (Å²) in [6.45, 7) is 5.57. The number of amides is 1. The lowest BCUT2D eigenvalue weighted by Gasteiger charge is -2.17. The molecule has 0 radical (unpaired) electrons. The van der Waals surface area contributed by atoms with Crippen LogP contribution in [-0.2, 0) is 11.4 Å². The highest BCUT2D eigenvalue weighted by atomic mass is 35.5. The molecule has 0 aliphatic carbocycles. The number of carbonyl (C=O) groups excluding carboxylic acids is 1. The fraction of sp³-hybridized carbons (Fsp3) is 0.300. The Morgan fingerprint density at radius 1 is 1.23 bits per heavy atom. The number of halogens is 1. The number of fused-ring (bicyclic) bond motifs is 1. The molecule has 2 heterocycles. The molecule has 162 valence electrons. The highest BCUT2D eigenvalue weighted by Crippen LogP contribution is 2.28. The molecule has 0 fully saturated rings. The molecular formula is C20H23ClN8O2. The van der Waals surface area contributed by atoms with E-state index in [1.165, 1.54) is 0 Å². The number of benzene rings is 1. The first-order valence-electron chi connectivity index (χ1n) is 9.40. The zero-order valence-corrected chi connectivity index (χ0v) is 18.4. The van der Waals surface area contributed by atoms with Gasteiger partial charge in [0.05, 0.1) is 16.2 Å². The van der Waals surface area contributed by atoms with E-state index in [9.17, 15) is 4.79 Å². The van der Waals surface area contributed by atoms with Crippen molar-refractivity contribution in [1.82, 2.24) is 14.5 Å². The first-order valence-corrected chi connectivity index (χ1v) is 9.77. The summed E-state index contributed by atoms with van der Waals surface area (Å²) in [6, 6.07) is 10.8. The van der Waals surface area contributed by atoms with Gasteiger partial charge in [-0.15, -0.1) is 0 Å². The van der Waals surface area contributed by atoms with E-state index in [0.717, 1.165) is 0 Å². The molecule has 3 N–H and O–H groups in total. The Hall–Kier alpha value is -3.53. The Balaban J connectivity index is 1.90. The smallest absolute Gasteiger partial charge is 0.305 e. The number of nitrogens with zero attached hydrogens (tertiary/aromatic N) is 6. The van der Waals surface area contributed by atoms with Crippen LogP contribution in [0.3, 0.4) is 0 Å². The van der Waals surface area contributed by atoms with Gasteiger partial charge in [0.2, 0.25) is 5.91 Å². The minimum atomic E-state index is -0.536. The summed E-state index contributed by atoms with van der Waals surface area (Å²) in [4.78, 5) is 25.2. The van der Waals surface area contributed by atoms with Crippen LogP contribution in [0.25, 0.3) is 11.0 Å². The van der Waals surface area contributed by atoms with E-state index >= 15 is 0 Å². The number of hydrogen-bond donors (Lipinski definition) is 2. The van der Waals surface area contributed by atoms with Crippen molar-refractivity contribution < 1.29 is 9.53 Å². The van der Waals surface area contributed by atoms with Gasteiger partial charge >= 0.3 is 6.01 Å². The number of anilines is 1. The molecule has 2 aromatic heterocycles. The van der Waals surface area contributed by atoms with E-state index in [1.807, 2.05) is 20.8 Å². The van der Waals surface area contributed by atoms with Gasteiger partial charge in [-0.25, -0.2) is 9.55 Å². The Morgan fingerprint density at radius 3 is 2.65 bits per heavy atom. The average molecular weight is 443 g/mol.